The van der Waals surface area contributed by atoms with Crippen molar-refractivity contribution in [3.63, 3.8) is 0 Å². The molecule has 0 aliphatic heterocycles. The molecule has 28 heavy (non-hydrogen) atoms. The predicted molar refractivity (Wildman–Crippen MR) is 108 cm³/mol. The van der Waals surface area contributed by atoms with Gasteiger partial charge in [0, 0.05) is 12.1 Å². The van der Waals surface area contributed by atoms with Gasteiger partial charge in [0.1, 0.15) is 10.6 Å². The van der Waals surface area contributed by atoms with Gasteiger partial charge in [0.15, 0.2) is 0 Å². The predicted octanol–water partition coefficient (Wildman–Crippen LogP) is 4.28. The Bertz CT molecular complexity index is 918. The largest absolute Gasteiger partial charge is 0.497 e. The van der Waals surface area contributed by atoms with Gasteiger partial charge < -0.3 is 14.8 Å². The van der Waals surface area contributed by atoms with Crippen LogP contribution in [0.1, 0.15) is 32.5 Å². The number of aryl methyl sites for hydroxylation is 1. The first-order chi connectivity index (χ1) is 13.6. The van der Waals surface area contributed by atoms with E-state index in [-0.39, 0.29) is 5.91 Å². The van der Waals surface area contributed by atoms with Crippen LogP contribution < -0.4 is 10.1 Å². The van der Waals surface area contributed by atoms with Crippen LogP contribution in [0.15, 0.2) is 66.0 Å². The molecule has 0 aliphatic carbocycles. The lowest BCUT2D eigenvalue weighted by Gasteiger charge is -2.18. The molecule has 144 valence electrons. The number of amides is 1. The van der Waals surface area contributed by atoms with E-state index >= 15 is 0 Å². The number of hydrogen-bond donors (Lipinski definition) is 1. The van der Waals surface area contributed by atoms with Crippen LogP contribution in [0.3, 0.4) is 0 Å². The highest BCUT2D eigenvalue weighted by Crippen LogP contribution is 2.23. The molecule has 0 aliphatic rings. The summed E-state index contributed by atoms with van der Waals surface area (Å²) in [7, 11) is 1.57. The summed E-state index contributed by atoms with van der Waals surface area (Å²) in [6, 6.07) is 18.2. The van der Waals surface area contributed by atoms with Crippen molar-refractivity contribution in [1.82, 2.24) is 5.32 Å². The molecular weight excluding hydrogens is 374 g/mol. The van der Waals surface area contributed by atoms with E-state index in [4.69, 9.17) is 9.47 Å². The lowest BCUT2D eigenvalue weighted by Crippen LogP contribution is -2.31. The summed E-state index contributed by atoms with van der Waals surface area (Å²) in [6.07, 6.45) is -1.05. The number of benzene rings is 2. The number of nitrogens with one attached hydrogen (secondary N) is 1. The van der Waals surface area contributed by atoms with E-state index in [0.29, 0.717) is 22.7 Å². The van der Waals surface area contributed by atoms with E-state index in [1.807, 2.05) is 31.2 Å². The summed E-state index contributed by atoms with van der Waals surface area (Å²) in [4.78, 5) is 25.7. The van der Waals surface area contributed by atoms with Crippen molar-refractivity contribution in [2.24, 2.45) is 0 Å². The van der Waals surface area contributed by atoms with E-state index < -0.39 is 12.1 Å². The Morgan fingerprint density at radius 3 is 2.36 bits per heavy atom. The van der Waals surface area contributed by atoms with Crippen molar-refractivity contribution < 1.29 is 19.1 Å². The molecule has 3 aromatic rings. The average Bonchev–Trinajstić information content (AvgIpc) is 3.26. The second-order valence-electron chi connectivity index (χ2n) is 6.24. The van der Waals surface area contributed by atoms with Gasteiger partial charge in [-0.1, -0.05) is 48.0 Å². The van der Waals surface area contributed by atoms with E-state index in [1.165, 1.54) is 11.3 Å². The van der Waals surface area contributed by atoms with Gasteiger partial charge >= 0.3 is 5.97 Å². The zero-order chi connectivity index (χ0) is 19.9. The molecule has 0 fully saturated rings. The van der Waals surface area contributed by atoms with Crippen LogP contribution in [0, 0.1) is 6.92 Å². The van der Waals surface area contributed by atoms with Gasteiger partial charge in [-0.15, -0.1) is 11.3 Å². The number of thiophene rings is 1. The second kappa shape index (κ2) is 9.19. The first-order valence-corrected chi connectivity index (χ1v) is 9.66. The molecule has 1 heterocycles. The molecule has 6 heteroatoms. The minimum Gasteiger partial charge on any atom is -0.497 e. The van der Waals surface area contributed by atoms with E-state index in [9.17, 15) is 9.59 Å². The van der Waals surface area contributed by atoms with Crippen LogP contribution in [0.2, 0.25) is 0 Å². The van der Waals surface area contributed by atoms with Gasteiger partial charge in [-0.2, -0.15) is 0 Å². The van der Waals surface area contributed by atoms with Crippen LogP contribution in [-0.2, 0) is 16.1 Å². The van der Waals surface area contributed by atoms with E-state index in [0.717, 1.165) is 11.1 Å². The van der Waals surface area contributed by atoms with E-state index in [1.54, 1.807) is 48.9 Å². The third kappa shape index (κ3) is 4.98. The number of rotatable bonds is 7. The highest BCUT2D eigenvalue weighted by atomic mass is 32.1. The topological polar surface area (TPSA) is 64.6 Å². The van der Waals surface area contributed by atoms with E-state index in [2.05, 4.69) is 5.32 Å². The highest BCUT2D eigenvalue weighted by molar-refractivity contribution is 7.11. The minimum absolute atomic E-state index is 0.350. The Kier molecular flexibility index (Phi) is 6.45. The summed E-state index contributed by atoms with van der Waals surface area (Å²) < 4.78 is 10.7. The lowest BCUT2D eigenvalue weighted by molar-refractivity contribution is -0.130. The second-order valence-corrected chi connectivity index (χ2v) is 7.19. The average molecular weight is 395 g/mol. The molecule has 0 saturated carbocycles. The van der Waals surface area contributed by atoms with Crippen molar-refractivity contribution in [1.29, 1.82) is 0 Å². The number of ether oxygens (including phenoxy) is 2. The standard InChI is InChI=1S/C22H21NO4S/c1-15-5-7-16(8-6-15)14-23-21(24)20(17-9-11-18(26-2)12-10-17)27-22(25)19-4-3-13-28-19/h3-13,20H,14H2,1-2H3,(H,23,24)/t20-/m0/s1. The van der Waals surface area contributed by atoms with Crippen LogP contribution in [0.4, 0.5) is 0 Å². The maximum atomic E-state index is 12.8. The van der Waals surface area contributed by atoms with Crippen molar-refractivity contribution in [3.8, 4) is 5.75 Å². The monoisotopic (exact) mass is 395 g/mol. The summed E-state index contributed by atoms with van der Waals surface area (Å²) in [5.41, 5.74) is 2.69. The molecular formula is C22H21NO4S. The fraction of sp³-hybridized carbons (Fsp3) is 0.182. The Hall–Kier alpha value is -3.12. The quantitative estimate of drug-likeness (QED) is 0.607. The summed E-state index contributed by atoms with van der Waals surface area (Å²) in [5.74, 6) is -0.246. The zero-order valence-electron chi connectivity index (χ0n) is 15.7. The minimum atomic E-state index is -1.05. The maximum absolute atomic E-state index is 12.8. The maximum Gasteiger partial charge on any atom is 0.349 e. The van der Waals surface area contributed by atoms with Crippen molar-refractivity contribution in [2.75, 3.05) is 7.11 Å². The smallest absolute Gasteiger partial charge is 0.349 e. The molecule has 0 radical (unpaired) electrons. The van der Waals surface area contributed by atoms with Gasteiger partial charge in [-0.25, -0.2) is 4.79 Å². The number of carbonyl (C=O) groups excluding carboxylic acids is 2. The van der Waals surface area contributed by atoms with Crippen molar-refractivity contribution in [3.05, 3.63) is 87.6 Å². The molecule has 0 bridgehead atoms. The van der Waals surface area contributed by atoms with Crippen LogP contribution in [-0.4, -0.2) is 19.0 Å². The molecule has 0 spiro atoms. The molecule has 0 unspecified atom stereocenters. The van der Waals surface area contributed by atoms with Crippen LogP contribution in [0.5, 0.6) is 5.75 Å². The number of carbonyl (C=O) groups is 2. The van der Waals surface area contributed by atoms with Gasteiger partial charge in [0.05, 0.1) is 7.11 Å². The molecule has 1 N–H and O–H groups in total. The highest BCUT2D eigenvalue weighted by Gasteiger charge is 2.26. The first-order valence-electron chi connectivity index (χ1n) is 8.78. The molecule has 3 rings (SSSR count). The number of esters is 1. The Morgan fingerprint density at radius 2 is 1.75 bits per heavy atom. The van der Waals surface area contributed by atoms with Crippen LogP contribution >= 0.6 is 11.3 Å². The van der Waals surface area contributed by atoms with Crippen molar-refractivity contribution >= 4 is 23.2 Å². The Morgan fingerprint density at radius 1 is 1.04 bits per heavy atom. The Labute approximate surface area is 167 Å². The zero-order valence-corrected chi connectivity index (χ0v) is 16.5. The fourth-order valence-electron chi connectivity index (χ4n) is 2.60. The molecule has 0 saturated heterocycles. The number of hydrogen-bond acceptors (Lipinski definition) is 5. The molecule has 1 aromatic heterocycles. The van der Waals surface area contributed by atoms with Crippen molar-refractivity contribution in [2.45, 2.75) is 19.6 Å². The van der Waals surface area contributed by atoms with Crippen LogP contribution in [0.25, 0.3) is 0 Å². The third-order valence-corrected chi connectivity index (χ3v) is 5.04. The van der Waals surface area contributed by atoms with Gasteiger partial charge in [-0.05, 0) is 36.1 Å². The normalized spacial score (nSPS) is 11.5. The first kappa shape index (κ1) is 19.6. The summed E-state index contributed by atoms with van der Waals surface area (Å²) in [5, 5.41) is 4.64. The molecule has 1 atom stereocenters. The Balaban J connectivity index is 1.76. The number of methoxy groups -OCH3 is 1. The summed E-state index contributed by atoms with van der Waals surface area (Å²) in [6.45, 7) is 2.36. The molecule has 5 nitrogen and oxygen atoms in total. The summed E-state index contributed by atoms with van der Waals surface area (Å²) >= 11 is 1.27. The third-order valence-electron chi connectivity index (χ3n) is 4.19. The molecule has 1 amide bonds. The lowest BCUT2D eigenvalue weighted by atomic mass is 10.1. The van der Waals surface area contributed by atoms with Gasteiger partial charge in [0.25, 0.3) is 5.91 Å². The SMILES string of the molecule is COc1ccc([C@H](OC(=O)c2cccs2)C(=O)NCc2ccc(C)cc2)cc1. The van der Waals surface area contributed by atoms with Gasteiger partial charge in [-0.3, -0.25) is 4.79 Å². The van der Waals surface area contributed by atoms with Gasteiger partial charge in [0.2, 0.25) is 6.10 Å². The fourth-order valence-corrected chi connectivity index (χ4v) is 3.20. The molecule has 2 aromatic carbocycles.